The molecule has 3 saturated heterocycles. The number of H-pyrrole nitrogens is 2. The first-order chi connectivity index (χ1) is 37.6. The van der Waals surface area contributed by atoms with Crippen LogP contribution in [0.5, 0.6) is 0 Å². The third-order valence-electron chi connectivity index (χ3n) is 12.3. The Balaban J connectivity index is 0.853. The van der Waals surface area contributed by atoms with Gasteiger partial charge >= 0.3 is 31.3 Å². The van der Waals surface area contributed by atoms with Crippen molar-refractivity contribution in [1.82, 2.24) is 49.0 Å². The SMILES string of the molecule is CO[C@@H]1C(O)[C@H](N2CN(C)c3c2nc(N)[nH]c3=O)O[C@@H]1COP(=O)(O)OP(=O)(O)OP(=O)(O)OOC[C@H]1O[C@@H](n2cnc3c(N)ncnc32)[C@@H](OC)C1OP(=O)(O)OC[C@H]1O[C@@H](n2cnc3c(=O)[nH]c(N)nc32)[C@@H](O)C1OC(C)C. The molecule has 0 aliphatic carbocycles. The third kappa shape index (κ3) is 12.3. The Morgan fingerprint density at radius 2 is 1.26 bits per heavy atom. The third-order valence-corrected chi connectivity index (χ3v) is 17.4. The minimum absolute atomic E-state index is 0.0187. The predicted octanol–water partition coefficient (Wildman–Crippen LogP) is -2.43. The zero-order chi connectivity index (χ0) is 58.0. The fourth-order valence-corrected chi connectivity index (χ4v) is 13.4. The van der Waals surface area contributed by atoms with E-state index in [1.54, 1.807) is 20.9 Å². The van der Waals surface area contributed by atoms with Crippen molar-refractivity contribution < 1.29 is 108 Å². The van der Waals surface area contributed by atoms with Crippen molar-refractivity contribution in [1.29, 1.82) is 0 Å². The van der Waals surface area contributed by atoms with Gasteiger partial charge in [0.25, 0.3) is 11.1 Å². The van der Waals surface area contributed by atoms with E-state index in [1.165, 1.54) is 25.3 Å². The quantitative estimate of drug-likeness (QED) is 0.0184. The van der Waals surface area contributed by atoms with Gasteiger partial charge in [-0.25, -0.2) is 43.1 Å². The minimum Gasteiger partial charge on any atom is -0.386 e. The van der Waals surface area contributed by atoms with Gasteiger partial charge in [0.05, 0.1) is 38.6 Å². The van der Waals surface area contributed by atoms with Crippen LogP contribution in [0.1, 0.15) is 26.3 Å². The van der Waals surface area contributed by atoms with Crippen LogP contribution in [0.3, 0.4) is 0 Å². The maximum absolute atomic E-state index is 13.9. The molecule has 0 spiro atoms. The summed E-state index contributed by atoms with van der Waals surface area (Å²) >= 11 is 0. The average Bonchev–Trinajstić information content (AvgIpc) is 4.30. The highest BCUT2D eigenvalue weighted by Gasteiger charge is 2.54. The molecule has 442 valence electrons. The van der Waals surface area contributed by atoms with E-state index in [-0.39, 0.29) is 58.2 Å². The zero-order valence-electron chi connectivity index (χ0n) is 42.0. The number of ether oxygens (including phenoxy) is 6. The van der Waals surface area contributed by atoms with E-state index in [0.29, 0.717) is 0 Å². The fourth-order valence-electron chi connectivity index (χ4n) is 9.18. The second-order valence-electron chi connectivity index (χ2n) is 18.1. The van der Waals surface area contributed by atoms with Crippen LogP contribution in [-0.4, -0.2) is 194 Å². The molecular weight excluding hydrogens is 1170 g/mol. The summed E-state index contributed by atoms with van der Waals surface area (Å²) in [5.41, 5.74) is 16.2. The number of nitrogens with zero attached hydrogens (tertiary/aromatic N) is 10. The predicted molar refractivity (Wildman–Crippen MR) is 263 cm³/mol. The number of methoxy groups -OCH3 is 2. The van der Waals surface area contributed by atoms with Gasteiger partial charge in [-0.1, -0.05) is 0 Å². The summed E-state index contributed by atoms with van der Waals surface area (Å²) in [7, 11) is -19.5. The summed E-state index contributed by atoms with van der Waals surface area (Å²) in [5, 5.41) is 22.5. The van der Waals surface area contributed by atoms with Gasteiger partial charge in [-0.05, 0) is 13.8 Å². The summed E-state index contributed by atoms with van der Waals surface area (Å²) in [5.74, 6) is -0.564. The molecule has 44 heteroatoms. The molecule has 3 fully saturated rings. The first-order valence-corrected chi connectivity index (χ1v) is 29.2. The molecule has 0 saturated carbocycles. The van der Waals surface area contributed by atoms with Crippen LogP contribution < -0.4 is 38.1 Å². The maximum Gasteiger partial charge on any atom is 0.508 e. The van der Waals surface area contributed by atoms with Gasteiger partial charge in [0.1, 0.15) is 79.1 Å². The number of hydrogen-bond donors (Lipinski definition) is 11. The van der Waals surface area contributed by atoms with Gasteiger partial charge in [0, 0.05) is 21.3 Å². The monoisotopic (exact) mass is 1220 g/mol. The number of nitrogens with two attached hydrogens (primary N) is 3. The van der Waals surface area contributed by atoms with Crippen molar-refractivity contribution in [2.75, 3.05) is 74.8 Å². The number of phosphoric acid groups is 4. The second kappa shape index (κ2) is 22.9. The Morgan fingerprint density at radius 1 is 0.688 bits per heavy atom. The van der Waals surface area contributed by atoms with E-state index in [1.807, 2.05) is 0 Å². The van der Waals surface area contributed by atoms with E-state index in [4.69, 9.17) is 64.1 Å². The number of hydrogen-bond acceptors (Lipinski definition) is 32. The first-order valence-electron chi connectivity index (χ1n) is 23.2. The van der Waals surface area contributed by atoms with Crippen molar-refractivity contribution in [3.05, 3.63) is 39.7 Å². The minimum atomic E-state index is -6.17. The molecule has 7 unspecified atom stereocenters. The molecule has 0 bridgehead atoms. The van der Waals surface area contributed by atoms with Crippen LogP contribution in [0.25, 0.3) is 22.3 Å². The molecule has 9 rings (SSSR count). The van der Waals surface area contributed by atoms with Crippen molar-refractivity contribution in [2.24, 2.45) is 0 Å². The van der Waals surface area contributed by atoms with E-state index in [9.17, 15) is 57.6 Å². The molecule has 0 aromatic carbocycles. The summed E-state index contributed by atoms with van der Waals surface area (Å²) < 4.78 is 119. The van der Waals surface area contributed by atoms with Gasteiger partial charge in [-0.3, -0.25) is 42.3 Å². The Morgan fingerprint density at radius 3 is 1.95 bits per heavy atom. The first kappa shape index (κ1) is 59.6. The summed E-state index contributed by atoms with van der Waals surface area (Å²) in [6.07, 6.45) is -14.6. The topological polar surface area (TPSA) is 547 Å². The lowest BCUT2D eigenvalue weighted by molar-refractivity contribution is -0.244. The summed E-state index contributed by atoms with van der Waals surface area (Å²) in [6.45, 7) is 0.308. The van der Waals surface area contributed by atoms with Crippen LogP contribution in [0, 0.1) is 0 Å². The van der Waals surface area contributed by atoms with Gasteiger partial charge in [0.15, 0.2) is 47.1 Å². The molecule has 4 aliphatic rings. The van der Waals surface area contributed by atoms with Crippen molar-refractivity contribution in [2.45, 2.75) is 93.6 Å². The lowest BCUT2D eigenvalue weighted by atomic mass is 10.1. The van der Waals surface area contributed by atoms with Gasteiger partial charge in [-0.15, -0.1) is 4.67 Å². The van der Waals surface area contributed by atoms with Crippen LogP contribution in [0.4, 0.5) is 29.2 Å². The fraction of sp³-hybridized carbons (Fsp3) is 0.611. The number of imidazole rings is 2. The highest BCUT2D eigenvalue weighted by atomic mass is 31.3. The molecular formula is C36H53N15O25P4. The summed E-state index contributed by atoms with van der Waals surface area (Å²) in [4.78, 5) is 104. The lowest BCUT2D eigenvalue weighted by Gasteiger charge is -2.27. The van der Waals surface area contributed by atoms with Crippen molar-refractivity contribution in [3.63, 3.8) is 0 Å². The Kier molecular flexibility index (Phi) is 17.1. The Hall–Kier alpha value is -5.06. The molecule has 5 aromatic rings. The number of anilines is 5. The Labute approximate surface area is 447 Å². The number of nitrogens with one attached hydrogen (secondary N) is 2. The van der Waals surface area contributed by atoms with E-state index in [2.05, 4.69) is 53.2 Å². The number of rotatable bonds is 23. The number of aromatic amines is 2. The smallest absolute Gasteiger partial charge is 0.386 e. The van der Waals surface area contributed by atoms with Crippen LogP contribution >= 0.6 is 31.3 Å². The number of aromatic nitrogens is 10. The molecule has 16 atom stereocenters. The average molecular weight is 1220 g/mol. The molecule has 80 heavy (non-hydrogen) atoms. The number of aliphatic hydroxyl groups excluding tert-OH is 2. The van der Waals surface area contributed by atoms with Crippen LogP contribution in [0.15, 0.2) is 28.6 Å². The number of nitrogen functional groups attached to an aromatic ring is 3. The highest BCUT2D eigenvalue weighted by molar-refractivity contribution is 7.66. The number of aliphatic hydroxyl groups is 2. The molecule has 5 aromatic heterocycles. The van der Waals surface area contributed by atoms with Crippen LogP contribution in [-0.2, 0) is 78.4 Å². The molecule has 4 aliphatic heterocycles. The highest BCUT2D eigenvalue weighted by Crippen LogP contribution is 2.68. The van der Waals surface area contributed by atoms with Crippen molar-refractivity contribution >= 4 is 82.8 Å². The van der Waals surface area contributed by atoms with Gasteiger partial charge in [-0.2, -0.15) is 18.6 Å². The lowest BCUT2D eigenvalue weighted by Crippen LogP contribution is -2.46. The maximum atomic E-state index is 13.9. The number of fused-ring (bicyclic) bond motifs is 3. The number of phosphoric ester groups is 2. The molecule has 0 amide bonds. The van der Waals surface area contributed by atoms with E-state index < -0.39 is 142 Å². The second-order valence-corrected chi connectivity index (χ2v) is 24.0. The Bertz CT molecular complexity index is 3410. The van der Waals surface area contributed by atoms with Crippen LogP contribution in [0.2, 0.25) is 0 Å². The van der Waals surface area contributed by atoms with Gasteiger partial charge in [0.2, 0.25) is 11.9 Å². The largest absolute Gasteiger partial charge is 0.508 e. The van der Waals surface area contributed by atoms with Gasteiger partial charge < -0.3 is 85.2 Å². The standard InChI is InChI=1S/C36H53N15O25P4/c1-13(2)69-23-16(71-32(21(23)53)50-11-43-18-28(50)44-35(38)46-30(18)54)8-67-77(56,57)73-24-14(72-34(25(24)65-5)49-10-42-17-26(37)40-9-41-27(17)49)6-66-74-79(60,61)76-80(62,63)75-78(58,59)68-7-15-22(64-4)20(52)33(70-15)51-12-48(3)19-29(51)45-36(39)47-31(19)55/h9-11,13-16,20-25,32-34,52-53H,6-8,12H2,1-5H3,(H,56,57)(H,58,59)(H,60,61)(H,62,63)(H2,37,40,41)(H3,38,44,46,54)(H3,39,45,47,55)/t14-,15-,16-,20?,21+,22+,23?,24?,25+,32-,33-,34-/m1/s1. The van der Waals surface area contributed by atoms with E-state index in [0.717, 1.165) is 26.9 Å². The van der Waals surface area contributed by atoms with E-state index >= 15 is 0 Å². The summed E-state index contributed by atoms with van der Waals surface area (Å²) in [6, 6.07) is 0. The molecule has 9 heterocycles. The molecule has 40 nitrogen and oxygen atoms in total. The zero-order valence-corrected chi connectivity index (χ0v) is 45.6. The normalized spacial score (nSPS) is 30.1. The molecule has 14 N–H and O–H groups in total. The molecule has 0 radical (unpaired) electrons. The van der Waals surface area contributed by atoms with Crippen molar-refractivity contribution in [3.8, 4) is 0 Å².